The van der Waals surface area contributed by atoms with Gasteiger partial charge in [0.15, 0.2) is 0 Å². The van der Waals surface area contributed by atoms with Crippen LogP contribution in [0.4, 0.5) is 0 Å². The van der Waals surface area contributed by atoms with Gasteiger partial charge in [-0.05, 0) is 58.6 Å². The zero-order valence-electron chi connectivity index (χ0n) is 16.3. The molecule has 2 aliphatic heterocycles. The Morgan fingerprint density at radius 2 is 1.69 bits per heavy atom. The van der Waals surface area contributed by atoms with Crippen molar-refractivity contribution in [1.29, 1.82) is 0 Å². The van der Waals surface area contributed by atoms with Gasteiger partial charge in [0.2, 0.25) is 0 Å². The number of aliphatic hydroxyl groups excluding tert-OH is 1. The molecule has 26 heavy (non-hydrogen) atoms. The Balaban J connectivity index is 1.50. The summed E-state index contributed by atoms with van der Waals surface area (Å²) in [6.07, 6.45) is 4.62. The van der Waals surface area contributed by atoms with Gasteiger partial charge in [-0.25, -0.2) is 0 Å². The molecular weight excluding hydrogens is 326 g/mol. The van der Waals surface area contributed by atoms with Gasteiger partial charge in [0, 0.05) is 31.7 Å². The maximum Gasteiger partial charge on any atom is 0.123 e. The average Bonchev–Trinajstić information content (AvgIpc) is 2.86. The predicted octanol–water partition coefficient (Wildman–Crippen LogP) is 2.05. The number of hydrogen-bond donors (Lipinski definition) is 1. The van der Waals surface area contributed by atoms with Crippen molar-refractivity contribution in [2.24, 2.45) is 0 Å². The van der Waals surface area contributed by atoms with E-state index in [1.165, 1.54) is 37.8 Å². The number of aliphatic hydroxyl groups is 1. The lowest BCUT2D eigenvalue weighted by atomic mass is 10.1. The third kappa shape index (κ3) is 6.23. The van der Waals surface area contributed by atoms with Gasteiger partial charge in [0.05, 0.1) is 0 Å². The molecule has 1 N–H and O–H groups in total. The highest BCUT2D eigenvalue weighted by Crippen LogP contribution is 2.21. The van der Waals surface area contributed by atoms with E-state index in [1.807, 2.05) is 12.1 Å². The molecule has 0 bridgehead atoms. The van der Waals surface area contributed by atoms with Crippen LogP contribution < -0.4 is 4.74 Å². The summed E-state index contributed by atoms with van der Waals surface area (Å²) in [5.74, 6) is 0.919. The summed E-state index contributed by atoms with van der Waals surface area (Å²) in [7, 11) is 2.20. The molecule has 5 nitrogen and oxygen atoms in total. The van der Waals surface area contributed by atoms with Crippen molar-refractivity contribution in [2.45, 2.75) is 38.3 Å². The summed E-state index contributed by atoms with van der Waals surface area (Å²) in [6, 6.07) is 8.29. The molecule has 2 fully saturated rings. The Kier molecular flexibility index (Phi) is 7.74. The Morgan fingerprint density at radius 1 is 0.923 bits per heavy atom. The average molecular weight is 362 g/mol. The van der Waals surface area contributed by atoms with E-state index in [9.17, 15) is 5.11 Å². The lowest BCUT2D eigenvalue weighted by Gasteiger charge is -2.28. The first-order valence-electron chi connectivity index (χ1n) is 10.2. The quantitative estimate of drug-likeness (QED) is 0.805. The molecule has 2 heterocycles. The molecule has 1 aromatic carbocycles. The third-order valence-electron chi connectivity index (χ3n) is 5.53. The topological polar surface area (TPSA) is 39.2 Å². The van der Waals surface area contributed by atoms with Gasteiger partial charge in [-0.15, -0.1) is 0 Å². The second-order valence-electron chi connectivity index (χ2n) is 7.87. The van der Waals surface area contributed by atoms with E-state index in [-0.39, 0.29) is 0 Å². The van der Waals surface area contributed by atoms with Crippen LogP contribution in [0.3, 0.4) is 0 Å². The summed E-state index contributed by atoms with van der Waals surface area (Å²) in [5.41, 5.74) is 1.22. The number of para-hydroxylation sites is 1. The third-order valence-corrected chi connectivity index (χ3v) is 5.53. The van der Waals surface area contributed by atoms with E-state index >= 15 is 0 Å². The minimum atomic E-state index is -0.423. The molecule has 1 atom stereocenters. The van der Waals surface area contributed by atoms with Crippen molar-refractivity contribution in [3.63, 3.8) is 0 Å². The highest BCUT2D eigenvalue weighted by Gasteiger charge is 2.17. The van der Waals surface area contributed by atoms with Gasteiger partial charge in [0.1, 0.15) is 18.5 Å². The van der Waals surface area contributed by atoms with Gasteiger partial charge in [-0.3, -0.25) is 4.90 Å². The van der Waals surface area contributed by atoms with Crippen LogP contribution in [0.5, 0.6) is 5.75 Å². The minimum absolute atomic E-state index is 0.371. The van der Waals surface area contributed by atoms with E-state index in [4.69, 9.17) is 4.74 Å². The molecule has 0 radical (unpaired) electrons. The minimum Gasteiger partial charge on any atom is -0.491 e. The fourth-order valence-corrected chi connectivity index (χ4v) is 3.95. The van der Waals surface area contributed by atoms with Gasteiger partial charge in [-0.2, -0.15) is 0 Å². The molecule has 1 aromatic rings. The van der Waals surface area contributed by atoms with Crippen molar-refractivity contribution in [3.05, 3.63) is 29.8 Å². The number of nitrogens with zero attached hydrogens (tertiary/aromatic N) is 3. The summed E-state index contributed by atoms with van der Waals surface area (Å²) < 4.78 is 6.02. The number of likely N-dealkylation sites (N-methyl/N-ethyl adjacent to an activating group) is 1. The monoisotopic (exact) mass is 361 g/mol. The number of piperidine rings is 1. The number of hydrogen-bond acceptors (Lipinski definition) is 5. The van der Waals surface area contributed by atoms with Crippen LogP contribution in [0, 0.1) is 0 Å². The fraction of sp³-hybridized carbons (Fsp3) is 0.714. The molecule has 0 spiro atoms. The van der Waals surface area contributed by atoms with Gasteiger partial charge < -0.3 is 19.6 Å². The van der Waals surface area contributed by atoms with Crippen molar-refractivity contribution in [3.8, 4) is 5.75 Å². The van der Waals surface area contributed by atoms with Crippen LogP contribution in [0.25, 0.3) is 0 Å². The lowest BCUT2D eigenvalue weighted by molar-refractivity contribution is 0.0611. The molecule has 0 saturated carbocycles. The van der Waals surface area contributed by atoms with Crippen LogP contribution >= 0.6 is 0 Å². The normalized spacial score (nSPS) is 22.1. The van der Waals surface area contributed by atoms with Crippen LogP contribution in [0.2, 0.25) is 0 Å². The highest BCUT2D eigenvalue weighted by atomic mass is 16.5. The summed E-state index contributed by atoms with van der Waals surface area (Å²) in [5, 5.41) is 10.4. The maximum absolute atomic E-state index is 10.4. The first kappa shape index (κ1) is 19.6. The van der Waals surface area contributed by atoms with Gasteiger partial charge in [-0.1, -0.05) is 24.6 Å². The maximum atomic E-state index is 10.4. The van der Waals surface area contributed by atoms with E-state index in [0.717, 1.165) is 51.6 Å². The first-order chi connectivity index (χ1) is 12.7. The second kappa shape index (κ2) is 10.3. The van der Waals surface area contributed by atoms with Crippen molar-refractivity contribution in [2.75, 3.05) is 59.5 Å². The molecule has 0 amide bonds. The Hall–Kier alpha value is -1.14. The van der Waals surface area contributed by atoms with Crippen LogP contribution in [-0.4, -0.2) is 85.4 Å². The highest BCUT2D eigenvalue weighted by molar-refractivity contribution is 5.33. The van der Waals surface area contributed by atoms with Crippen molar-refractivity contribution < 1.29 is 9.84 Å². The lowest BCUT2D eigenvalue weighted by Crippen LogP contribution is -2.38. The standard InChI is InChI=1S/C21H35N3O2/c1-22-10-7-13-24(15-14-22)16-19-8-3-4-9-21(19)26-18-20(25)17-23-11-5-2-6-12-23/h3-4,8-9,20,25H,2,5-7,10-18H2,1H3/t20-/m0/s1. The number of benzene rings is 1. The number of likely N-dealkylation sites (tertiary alicyclic amines) is 1. The second-order valence-corrected chi connectivity index (χ2v) is 7.87. The molecule has 2 aliphatic rings. The smallest absolute Gasteiger partial charge is 0.123 e. The van der Waals surface area contributed by atoms with Crippen molar-refractivity contribution >= 4 is 0 Å². The Labute approximate surface area is 158 Å². The summed E-state index contributed by atoms with van der Waals surface area (Å²) in [4.78, 5) is 7.27. The molecule has 5 heteroatoms. The number of ether oxygens (including phenoxy) is 1. The van der Waals surface area contributed by atoms with Crippen LogP contribution in [-0.2, 0) is 6.54 Å². The molecule has 146 valence electrons. The van der Waals surface area contributed by atoms with E-state index < -0.39 is 6.10 Å². The molecule has 2 saturated heterocycles. The van der Waals surface area contributed by atoms with E-state index in [0.29, 0.717) is 6.61 Å². The Bertz CT molecular complexity index is 534. The first-order valence-corrected chi connectivity index (χ1v) is 10.2. The van der Waals surface area contributed by atoms with Crippen LogP contribution in [0.15, 0.2) is 24.3 Å². The SMILES string of the molecule is CN1CCCN(Cc2ccccc2OC[C@@H](O)CN2CCCCC2)CC1. The molecule has 0 aromatic heterocycles. The van der Waals surface area contributed by atoms with Crippen LogP contribution in [0.1, 0.15) is 31.2 Å². The van der Waals surface area contributed by atoms with E-state index in [2.05, 4.69) is 33.9 Å². The summed E-state index contributed by atoms with van der Waals surface area (Å²) >= 11 is 0. The molecule has 0 unspecified atom stereocenters. The van der Waals surface area contributed by atoms with Gasteiger partial charge in [0.25, 0.3) is 0 Å². The predicted molar refractivity (Wildman–Crippen MR) is 106 cm³/mol. The zero-order valence-corrected chi connectivity index (χ0v) is 16.3. The number of rotatable bonds is 7. The van der Waals surface area contributed by atoms with Gasteiger partial charge >= 0.3 is 0 Å². The van der Waals surface area contributed by atoms with Crippen molar-refractivity contribution in [1.82, 2.24) is 14.7 Å². The van der Waals surface area contributed by atoms with E-state index in [1.54, 1.807) is 0 Å². The number of β-amino-alcohol motifs (C(OH)–C–C–N with tert-alkyl or cyclic N) is 1. The molecular formula is C21H35N3O2. The molecule has 0 aliphatic carbocycles. The largest absolute Gasteiger partial charge is 0.491 e. The molecule has 3 rings (SSSR count). The summed E-state index contributed by atoms with van der Waals surface area (Å²) in [6.45, 7) is 8.77. The Morgan fingerprint density at radius 3 is 2.54 bits per heavy atom. The fourth-order valence-electron chi connectivity index (χ4n) is 3.95. The zero-order chi connectivity index (χ0) is 18.2.